The number of hydrogen-bond acceptors (Lipinski definition) is 8. The number of nitrogens with one attached hydrogen (secondary N) is 3. The first-order chi connectivity index (χ1) is 29.4. The van der Waals surface area contributed by atoms with E-state index in [1.807, 2.05) is 19.1 Å². The van der Waals surface area contributed by atoms with Gasteiger partial charge in [0.2, 0.25) is 0 Å². The van der Waals surface area contributed by atoms with Gasteiger partial charge in [-0.25, -0.2) is 13.6 Å². The number of benzene rings is 2. The summed E-state index contributed by atoms with van der Waals surface area (Å²) < 4.78 is 64.9. The van der Waals surface area contributed by atoms with Gasteiger partial charge in [-0.2, -0.15) is 19.6 Å². The Morgan fingerprint density at radius 3 is 1.73 bits per heavy atom. The van der Waals surface area contributed by atoms with Gasteiger partial charge < -0.3 is 32.5 Å². The number of amides is 3. The van der Waals surface area contributed by atoms with Crippen LogP contribution in [0.4, 0.5) is 33.3 Å². The third-order valence-electron chi connectivity index (χ3n) is 9.63. The summed E-state index contributed by atoms with van der Waals surface area (Å²) in [6, 6.07) is 16.4. The molecule has 0 radical (unpaired) electrons. The van der Waals surface area contributed by atoms with E-state index >= 15 is 0 Å². The summed E-state index contributed by atoms with van der Waals surface area (Å²) >= 11 is 0. The van der Waals surface area contributed by atoms with E-state index in [1.54, 1.807) is 36.2 Å². The van der Waals surface area contributed by atoms with Crippen molar-refractivity contribution in [1.29, 1.82) is 0 Å². The Bertz CT molecular complexity index is 2030. The predicted molar refractivity (Wildman–Crippen MR) is 227 cm³/mol. The number of alkyl halides is 3. The van der Waals surface area contributed by atoms with Gasteiger partial charge in [0, 0.05) is 25.0 Å². The number of aryl methyl sites for hydroxylation is 2. The molecule has 2 aromatic heterocycles. The Hall–Kier alpha value is -5.17. The molecule has 4 atom stereocenters. The molecule has 2 unspecified atom stereocenters. The van der Waals surface area contributed by atoms with E-state index in [0.29, 0.717) is 24.2 Å². The van der Waals surface area contributed by atoms with Crippen molar-refractivity contribution in [3.8, 4) is 0 Å². The second kappa shape index (κ2) is 27.1. The van der Waals surface area contributed by atoms with E-state index < -0.39 is 36.5 Å². The molecule has 2 aliphatic heterocycles. The molecule has 0 aliphatic carbocycles. The molecule has 63 heavy (non-hydrogen) atoms. The number of aromatic nitrogens is 2. The molecule has 0 bridgehead atoms. The van der Waals surface area contributed by atoms with Gasteiger partial charge in [-0.05, 0) is 117 Å². The molecule has 4 heterocycles. The summed E-state index contributed by atoms with van der Waals surface area (Å²) in [7, 11) is 0. The van der Waals surface area contributed by atoms with Crippen LogP contribution in [0.15, 0.2) is 85.5 Å². The summed E-state index contributed by atoms with van der Waals surface area (Å²) in [6.07, 6.45) is 7.68. The molecule has 2 aromatic carbocycles. The monoisotopic (exact) mass is 874 g/mol. The number of unbranched alkanes of at least 4 members (excludes halogenated alkanes) is 1. The average Bonchev–Trinajstić information content (AvgIpc) is 3.24. The number of ether oxygens (including phenoxy) is 1. The van der Waals surface area contributed by atoms with Crippen LogP contribution in [0.5, 0.6) is 0 Å². The number of piperidine rings is 2. The van der Waals surface area contributed by atoms with Gasteiger partial charge in [-0.3, -0.25) is 24.4 Å². The topological polar surface area (TPSA) is 143 Å². The molecule has 3 amide bonds. The van der Waals surface area contributed by atoms with E-state index in [1.165, 1.54) is 67.3 Å². The molecular formula is C46H56F5LiN6O5. The molecule has 336 valence electrons. The molecule has 4 aromatic rings. The van der Waals surface area contributed by atoms with Gasteiger partial charge in [0.25, 0.3) is 0 Å². The third-order valence-corrected chi connectivity index (χ3v) is 9.63. The van der Waals surface area contributed by atoms with Crippen molar-refractivity contribution in [2.75, 3.05) is 30.3 Å². The number of halogens is 5. The van der Waals surface area contributed by atoms with E-state index in [0.717, 1.165) is 54.8 Å². The fourth-order valence-electron chi connectivity index (χ4n) is 6.34. The van der Waals surface area contributed by atoms with Crippen molar-refractivity contribution in [3.05, 3.63) is 126 Å². The average molecular weight is 875 g/mol. The SMILES string of the molecule is CC1CCC(c2ccc(F)cc2)NC1.Cc1cncc(NC(=O)C(=O)N2C[C@H](C)CC[C@H]2c2ccc(F)cc2)c1.Cc1cncc(NC(=O)C(=O)OCC(F)(F)F)c1.[CH2-]CCC.[Li+]. The third kappa shape index (κ3) is 19.8. The molecule has 6 rings (SSSR count). The summed E-state index contributed by atoms with van der Waals surface area (Å²) in [5.74, 6) is -3.54. The zero-order chi connectivity index (χ0) is 45.8. The Kier molecular flexibility index (Phi) is 23.2. The van der Waals surface area contributed by atoms with Gasteiger partial charge in [-0.15, -0.1) is 0 Å². The first-order valence-corrected chi connectivity index (χ1v) is 20.4. The van der Waals surface area contributed by atoms with Crippen LogP contribution in [0.25, 0.3) is 0 Å². The van der Waals surface area contributed by atoms with Gasteiger partial charge in [0.05, 0.1) is 29.8 Å². The van der Waals surface area contributed by atoms with Crippen molar-refractivity contribution in [2.24, 2.45) is 11.8 Å². The van der Waals surface area contributed by atoms with Crippen molar-refractivity contribution >= 4 is 35.1 Å². The van der Waals surface area contributed by atoms with Crippen molar-refractivity contribution < 1.29 is 64.7 Å². The Labute approximate surface area is 378 Å². The molecule has 3 N–H and O–H groups in total. The minimum Gasteiger partial charge on any atom is -0.449 e. The zero-order valence-electron chi connectivity index (χ0n) is 36.7. The van der Waals surface area contributed by atoms with Crippen molar-refractivity contribution in [1.82, 2.24) is 20.2 Å². The molecule has 11 nitrogen and oxygen atoms in total. The number of carbonyl (C=O) groups excluding carboxylic acids is 4. The van der Waals surface area contributed by atoms with Crippen molar-refractivity contribution in [3.63, 3.8) is 0 Å². The van der Waals surface area contributed by atoms with Crippen molar-refractivity contribution in [2.45, 2.75) is 91.4 Å². The molecule has 17 heteroatoms. The van der Waals surface area contributed by atoms with Crippen LogP contribution in [0.1, 0.15) is 93.6 Å². The molecular weight excluding hydrogens is 818 g/mol. The van der Waals surface area contributed by atoms with Gasteiger partial charge in [-0.1, -0.05) is 51.5 Å². The smallest absolute Gasteiger partial charge is 0.449 e. The molecule has 0 saturated carbocycles. The van der Waals surface area contributed by atoms with Crippen LogP contribution < -0.4 is 34.8 Å². The molecule has 2 saturated heterocycles. The maximum absolute atomic E-state index is 13.2. The predicted octanol–water partition coefficient (Wildman–Crippen LogP) is 6.41. The number of carbonyl (C=O) groups is 4. The summed E-state index contributed by atoms with van der Waals surface area (Å²) in [4.78, 5) is 56.7. The molecule has 2 fully saturated rings. The van der Waals surface area contributed by atoms with Crippen LogP contribution in [0, 0.1) is 44.2 Å². The summed E-state index contributed by atoms with van der Waals surface area (Å²) in [5, 5.41) is 8.18. The fraction of sp³-hybridized carbons (Fsp3) is 0.413. The number of pyridine rings is 2. The van der Waals surface area contributed by atoms with E-state index in [2.05, 4.69) is 58.4 Å². The maximum Gasteiger partial charge on any atom is 1.00 e. The minimum atomic E-state index is -4.67. The van der Waals surface area contributed by atoms with Gasteiger partial charge in [0.1, 0.15) is 11.6 Å². The van der Waals surface area contributed by atoms with Crippen LogP contribution in [-0.2, 0) is 23.9 Å². The Morgan fingerprint density at radius 1 is 0.778 bits per heavy atom. The van der Waals surface area contributed by atoms with Crippen LogP contribution in [0.2, 0.25) is 0 Å². The first kappa shape index (κ1) is 54.0. The summed E-state index contributed by atoms with van der Waals surface area (Å²) in [5.41, 5.74) is 4.35. The van der Waals surface area contributed by atoms with Crippen LogP contribution in [-0.4, -0.2) is 64.4 Å². The van der Waals surface area contributed by atoms with E-state index in [-0.39, 0.29) is 42.2 Å². The minimum absolute atomic E-state index is 0. The second-order valence-corrected chi connectivity index (χ2v) is 15.4. The zero-order valence-corrected chi connectivity index (χ0v) is 36.7. The number of likely N-dealkylation sites (tertiary alicyclic amines) is 1. The van der Waals surface area contributed by atoms with E-state index in [9.17, 15) is 41.1 Å². The summed E-state index contributed by atoms with van der Waals surface area (Å²) in [6.45, 7) is 13.4. The van der Waals surface area contributed by atoms with Gasteiger partial charge >= 0.3 is 48.7 Å². The Balaban J connectivity index is 0.000000323. The quantitative estimate of drug-likeness (QED) is 0.0664. The number of rotatable bonds is 6. The number of hydrogen-bond donors (Lipinski definition) is 3. The molecule has 2 aliphatic rings. The molecule has 0 spiro atoms. The van der Waals surface area contributed by atoms with Crippen LogP contribution in [0.3, 0.4) is 0 Å². The maximum atomic E-state index is 13.2. The van der Waals surface area contributed by atoms with Gasteiger partial charge in [0.15, 0.2) is 6.61 Å². The number of anilines is 2. The van der Waals surface area contributed by atoms with E-state index in [4.69, 9.17) is 0 Å². The Morgan fingerprint density at radius 2 is 1.27 bits per heavy atom. The number of esters is 1. The fourth-order valence-corrected chi connectivity index (χ4v) is 6.34. The normalized spacial score (nSPS) is 17.9. The number of nitrogens with zero attached hydrogens (tertiary/aromatic N) is 3. The van der Waals surface area contributed by atoms with Crippen LogP contribution >= 0.6 is 0 Å². The first-order valence-electron chi connectivity index (χ1n) is 20.4. The second-order valence-electron chi connectivity index (χ2n) is 15.4. The largest absolute Gasteiger partial charge is 1.00 e. The standard InChI is InChI=1S/C20H22FN3O2.C12H16FN.C10H9F3N2O3.C4H9.Li/c1-13-3-8-18(15-4-6-16(21)7-5-15)24(12-13)20(26)19(25)23-17-9-14(2)10-22-11-17;1-9-2-7-12(14-8-9)10-3-5-11(13)6-4-10;1-6-2-7(4-14-3-6)15-8(16)9(17)18-5-10(11,12)13;1-3-4-2;/h4-7,9-11,13,18H,3,8,12H2,1-2H3,(H,23,25);3-6,9,12,14H,2,7-8H2,1H3;2-4H,5H2,1H3,(H,15,16);1,3-4H2,2H3;/q;;;-1;+1/t13-,18+;;;;/m1..../s1.